The number of hydrogen-bond acceptors (Lipinski definition) is 5. The third kappa shape index (κ3) is 2.79. The molecule has 0 aliphatic heterocycles. The van der Waals surface area contributed by atoms with Gasteiger partial charge in [0.2, 0.25) is 0 Å². The largest absolute Gasteiger partial charge is 0.469 e. The van der Waals surface area contributed by atoms with Gasteiger partial charge < -0.3 is 10.5 Å². The number of benzene rings is 1. The van der Waals surface area contributed by atoms with Gasteiger partial charge in [-0.25, -0.2) is 0 Å². The molecule has 92 valence electrons. The summed E-state index contributed by atoms with van der Waals surface area (Å²) in [6, 6.07) is 4.58. The molecule has 0 spiro atoms. The van der Waals surface area contributed by atoms with Crippen LogP contribution in [0.25, 0.3) is 0 Å². The molecule has 0 aliphatic rings. The van der Waals surface area contributed by atoms with Crippen molar-refractivity contribution in [3.05, 3.63) is 39.4 Å². The predicted octanol–water partition coefficient (Wildman–Crippen LogP) is 1.12. The lowest BCUT2D eigenvalue weighted by atomic mass is 9.96. The van der Waals surface area contributed by atoms with Crippen molar-refractivity contribution in [1.82, 2.24) is 0 Å². The van der Waals surface area contributed by atoms with E-state index in [9.17, 15) is 14.9 Å². The minimum atomic E-state index is -0.805. The van der Waals surface area contributed by atoms with Crippen molar-refractivity contribution in [3.63, 3.8) is 0 Å². The van der Waals surface area contributed by atoms with Crippen molar-refractivity contribution >= 4 is 11.7 Å². The van der Waals surface area contributed by atoms with Gasteiger partial charge in [-0.15, -0.1) is 0 Å². The Morgan fingerprint density at radius 2 is 2.24 bits per heavy atom. The molecule has 1 aromatic rings. The van der Waals surface area contributed by atoms with E-state index < -0.39 is 16.8 Å². The topological polar surface area (TPSA) is 95.5 Å². The Kier molecular flexibility index (Phi) is 4.17. The minimum Gasteiger partial charge on any atom is -0.469 e. The minimum absolute atomic E-state index is 0.0308. The van der Waals surface area contributed by atoms with E-state index in [1.807, 2.05) is 0 Å². The van der Waals surface area contributed by atoms with Crippen LogP contribution in [0, 0.1) is 17.0 Å². The van der Waals surface area contributed by atoms with Crippen molar-refractivity contribution in [3.8, 4) is 0 Å². The van der Waals surface area contributed by atoms with Gasteiger partial charge in [-0.2, -0.15) is 0 Å². The molecule has 6 heteroatoms. The molecule has 0 amide bonds. The van der Waals surface area contributed by atoms with Crippen molar-refractivity contribution in [1.29, 1.82) is 0 Å². The summed E-state index contributed by atoms with van der Waals surface area (Å²) >= 11 is 0. The van der Waals surface area contributed by atoms with E-state index in [2.05, 4.69) is 4.74 Å². The van der Waals surface area contributed by atoms with Crippen molar-refractivity contribution < 1.29 is 14.5 Å². The summed E-state index contributed by atoms with van der Waals surface area (Å²) in [7, 11) is 1.23. The fourth-order valence-corrected chi connectivity index (χ4v) is 1.61. The summed E-state index contributed by atoms with van der Waals surface area (Å²) in [6.45, 7) is 1.76. The zero-order valence-corrected chi connectivity index (χ0v) is 9.67. The van der Waals surface area contributed by atoms with E-state index in [0.717, 1.165) is 5.56 Å². The number of carbonyl (C=O) groups excluding carboxylic acids is 1. The molecule has 0 bridgehead atoms. The maximum Gasteiger partial charge on any atom is 0.314 e. The fraction of sp³-hybridized carbons (Fsp3) is 0.364. The first-order chi connectivity index (χ1) is 8.01. The second-order valence-corrected chi connectivity index (χ2v) is 3.63. The zero-order chi connectivity index (χ0) is 13.0. The van der Waals surface area contributed by atoms with Gasteiger partial charge in [0.25, 0.3) is 5.69 Å². The SMILES string of the molecule is COC(=O)C(CN)c1cc(C)ccc1[N+](=O)[O-]. The van der Waals surface area contributed by atoms with Gasteiger partial charge in [-0.1, -0.05) is 11.6 Å². The molecule has 2 N–H and O–H groups in total. The van der Waals surface area contributed by atoms with Gasteiger partial charge in [-0.05, 0) is 13.0 Å². The number of ether oxygens (including phenoxy) is 1. The lowest BCUT2D eigenvalue weighted by Crippen LogP contribution is -2.23. The zero-order valence-electron chi connectivity index (χ0n) is 9.67. The van der Waals surface area contributed by atoms with Gasteiger partial charge >= 0.3 is 5.97 Å². The predicted molar refractivity (Wildman–Crippen MR) is 61.6 cm³/mol. The molecule has 0 aromatic heterocycles. The van der Waals surface area contributed by atoms with Crippen LogP contribution in [0.3, 0.4) is 0 Å². The lowest BCUT2D eigenvalue weighted by Gasteiger charge is -2.13. The number of methoxy groups -OCH3 is 1. The van der Waals surface area contributed by atoms with E-state index in [1.165, 1.54) is 13.2 Å². The smallest absolute Gasteiger partial charge is 0.314 e. The van der Waals surface area contributed by atoms with Crippen LogP contribution in [0.4, 0.5) is 5.69 Å². The first-order valence-electron chi connectivity index (χ1n) is 5.04. The summed E-state index contributed by atoms with van der Waals surface area (Å²) in [6.07, 6.45) is 0. The van der Waals surface area contributed by atoms with Gasteiger partial charge in [0, 0.05) is 18.2 Å². The highest BCUT2D eigenvalue weighted by molar-refractivity contribution is 5.80. The van der Waals surface area contributed by atoms with E-state index in [1.54, 1.807) is 19.1 Å². The van der Waals surface area contributed by atoms with Crippen molar-refractivity contribution in [2.45, 2.75) is 12.8 Å². The van der Waals surface area contributed by atoms with Gasteiger partial charge in [0.1, 0.15) is 5.92 Å². The number of nitro groups is 1. The summed E-state index contributed by atoms with van der Waals surface area (Å²) in [5.74, 6) is -1.37. The molecule has 6 nitrogen and oxygen atoms in total. The van der Waals surface area contributed by atoms with E-state index in [0.29, 0.717) is 5.56 Å². The normalized spacial score (nSPS) is 11.9. The Hall–Kier alpha value is -1.95. The summed E-state index contributed by atoms with van der Waals surface area (Å²) in [5, 5.41) is 10.9. The van der Waals surface area contributed by atoms with Crippen LogP contribution < -0.4 is 5.73 Å². The molecule has 0 saturated heterocycles. The summed E-state index contributed by atoms with van der Waals surface area (Å²) < 4.78 is 4.59. The van der Waals surface area contributed by atoms with Gasteiger partial charge in [-0.3, -0.25) is 14.9 Å². The van der Waals surface area contributed by atoms with Crippen molar-refractivity contribution in [2.24, 2.45) is 5.73 Å². The van der Waals surface area contributed by atoms with Crippen molar-refractivity contribution in [2.75, 3.05) is 13.7 Å². The number of aryl methyl sites for hydroxylation is 1. The Labute approximate surface area is 98.5 Å². The van der Waals surface area contributed by atoms with Gasteiger partial charge in [0.05, 0.1) is 12.0 Å². The molecule has 0 heterocycles. The van der Waals surface area contributed by atoms with E-state index in [-0.39, 0.29) is 12.2 Å². The number of esters is 1. The highest BCUT2D eigenvalue weighted by Crippen LogP contribution is 2.28. The molecule has 0 saturated carbocycles. The molecular formula is C11H14N2O4. The van der Waals surface area contributed by atoms with E-state index >= 15 is 0 Å². The highest BCUT2D eigenvalue weighted by atomic mass is 16.6. The Bertz CT molecular complexity index is 445. The number of carbonyl (C=O) groups is 1. The number of nitrogens with two attached hydrogens (primary N) is 1. The Balaban J connectivity index is 3.30. The maximum atomic E-state index is 11.5. The lowest BCUT2D eigenvalue weighted by molar-refractivity contribution is -0.385. The number of nitrogens with zero attached hydrogens (tertiary/aromatic N) is 1. The number of nitro benzene ring substituents is 1. The Morgan fingerprint density at radius 3 is 2.71 bits per heavy atom. The molecule has 0 aliphatic carbocycles. The van der Waals surface area contributed by atoms with Crippen LogP contribution in [0.2, 0.25) is 0 Å². The standard InChI is InChI=1S/C11H14N2O4/c1-7-3-4-10(13(15)16)8(5-7)9(6-12)11(14)17-2/h3-5,9H,6,12H2,1-2H3. The van der Waals surface area contributed by atoms with Crippen LogP contribution >= 0.6 is 0 Å². The molecule has 0 radical (unpaired) electrons. The highest BCUT2D eigenvalue weighted by Gasteiger charge is 2.27. The molecule has 1 aromatic carbocycles. The number of hydrogen-bond donors (Lipinski definition) is 1. The van der Waals surface area contributed by atoms with Gasteiger partial charge in [0.15, 0.2) is 0 Å². The fourth-order valence-electron chi connectivity index (χ4n) is 1.61. The molecule has 0 fully saturated rings. The summed E-state index contributed by atoms with van der Waals surface area (Å²) in [5.41, 5.74) is 6.49. The first kappa shape index (κ1) is 13.1. The Morgan fingerprint density at radius 1 is 1.59 bits per heavy atom. The third-order valence-corrected chi connectivity index (χ3v) is 2.48. The van der Waals surface area contributed by atoms with Crippen LogP contribution in [0.5, 0.6) is 0 Å². The second kappa shape index (κ2) is 5.40. The second-order valence-electron chi connectivity index (χ2n) is 3.63. The first-order valence-corrected chi connectivity index (χ1v) is 5.04. The van der Waals surface area contributed by atoms with E-state index in [4.69, 9.17) is 5.73 Å². The molecular weight excluding hydrogens is 224 g/mol. The molecule has 1 rings (SSSR count). The van der Waals surface area contributed by atoms with Crippen LogP contribution in [0.1, 0.15) is 17.0 Å². The van der Waals surface area contributed by atoms with Crippen LogP contribution in [0.15, 0.2) is 18.2 Å². The molecule has 1 unspecified atom stereocenters. The molecule has 1 atom stereocenters. The van der Waals surface area contributed by atoms with Crippen LogP contribution in [-0.2, 0) is 9.53 Å². The maximum absolute atomic E-state index is 11.5. The average Bonchev–Trinajstić information content (AvgIpc) is 2.29. The quantitative estimate of drug-likeness (QED) is 0.481. The average molecular weight is 238 g/mol. The van der Waals surface area contributed by atoms with Crippen LogP contribution in [-0.4, -0.2) is 24.5 Å². The summed E-state index contributed by atoms with van der Waals surface area (Å²) in [4.78, 5) is 21.9. The third-order valence-electron chi connectivity index (χ3n) is 2.48. The monoisotopic (exact) mass is 238 g/mol. The number of rotatable bonds is 4. The molecule has 17 heavy (non-hydrogen) atoms.